The van der Waals surface area contributed by atoms with Crippen molar-refractivity contribution in [3.8, 4) is 5.75 Å². The first-order valence-corrected chi connectivity index (χ1v) is 7.18. The molecule has 0 saturated carbocycles. The number of methoxy groups -OCH3 is 1. The first-order valence-electron chi connectivity index (χ1n) is 6.81. The number of carbonyl (C=O) groups is 1. The van der Waals surface area contributed by atoms with Crippen LogP contribution >= 0.6 is 11.6 Å². The van der Waals surface area contributed by atoms with Gasteiger partial charge in [0.25, 0.3) is 0 Å². The minimum Gasteiger partial charge on any atom is -0.497 e. The molecule has 0 heterocycles. The fourth-order valence-electron chi connectivity index (χ4n) is 1.99. The lowest BCUT2D eigenvalue weighted by Crippen LogP contribution is -2.34. The summed E-state index contributed by atoms with van der Waals surface area (Å²) in [7, 11) is 1.52. The summed E-state index contributed by atoms with van der Waals surface area (Å²) in [5.74, 6) is -0.0149. The van der Waals surface area contributed by atoms with E-state index in [0.29, 0.717) is 17.0 Å². The number of anilines is 1. The van der Waals surface area contributed by atoms with E-state index in [-0.39, 0.29) is 11.6 Å². The molecular formula is C16H16ClFN2O3. The Morgan fingerprint density at radius 3 is 2.78 bits per heavy atom. The predicted molar refractivity (Wildman–Crippen MR) is 86.4 cm³/mol. The van der Waals surface area contributed by atoms with E-state index in [9.17, 15) is 14.3 Å². The van der Waals surface area contributed by atoms with Crippen molar-refractivity contribution < 1.29 is 19.0 Å². The molecule has 2 amide bonds. The van der Waals surface area contributed by atoms with Crippen LogP contribution in [-0.2, 0) is 0 Å². The van der Waals surface area contributed by atoms with Gasteiger partial charge in [0.2, 0.25) is 0 Å². The molecule has 2 aromatic rings. The second kappa shape index (κ2) is 7.80. The highest BCUT2D eigenvalue weighted by Gasteiger charge is 2.15. The van der Waals surface area contributed by atoms with Crippen LogP contribution in [0.25, 0.3) is 0 Å². The fourth-order valence-corrected chi connectivity index (χ4v) is 2.11. The molecule has 0 aliphatic rings. The summed E-state index contributed by atoms with van der Waals surface area (Å²) in [6.07, 6.45) is 0. The van der Waals surface area contributed by atoms with Crippen LogP contribution in [0, 0.1) is 5.82 Å². The number of nitrogens with one attached hydrogen (secondary N) is 2. The summed E-state index contributed by atoms with van der Waals surface area (Å²) in [4.78, 5) is 12.0. The van der Waals surface area contributed by atoms with Crippen molar-refractivity contribution in [2.45, 2.75) is 6.04 Å². The van der Waals surface area contributed by atoms with Gasteiger partial charge in [0.1, 0.15) is 11.6 Å². The van der Waals surface area contributed by atoms with Gasteiger partial charge < -0.3 is 20.5 Å². The second-order valence-corrected chi connectivity index (χ2v) is 5.15. The maximum absolute atomic E-state index is 13.5. The van der Waals surface area contributed by atoms with Crippen LogP contribution in [0.5, 0.6) is 5.75 Å². The molecule has 0 radical (unpaired) electrons. The lowest BCUT2D eigenvalue weighted by molar-refractivity contribution is 0.225. The van der Waals surface area contributed by atoms with E-state index in [0.717, 1.165) is 0 Å². The summed E-state index contributed by atoms with van der Waals surface area (Å²) < 4.78 is 18.6. The predicted octanol–water partition coefficient (Wildman–Crippen LogP) is 3.34. The maximum atomic E-state index is 13.5. The molecule has 0 fully saturated rings. The van der Waals surface area contributed by atoms with Crippen molar-refractivity contribution in [2.75, 3.05) is 19.0 Å². The van der Waals surface area contributed by atoms with Crippen molar-refractivity contribution in [1.82, 2.24) is 5.32 Å². The first-order chi connectivity index (χ1) is 11.0. The zero-order valence-corrected chi connectivity index (χ0v) is 13.1. The highest BCUT2D eigenvalue weighted by molar-refractivity contribution is 6.30. The highest BCUT2D eigenvalue weighted by atomic mass is 35.5. The Balaban J connectivity index is 2.05. The van der Waals surface area contributed by atoms with Crippen LogP contribution in [0.15, 0.2) is 42.5 Å². The van der Waals surface area contributed by atoms with Gasteiger partial charge in [-0.05, 0) is 29.8 Å². The van der Waals surface area contributed by atoms with Crippen molar-refractivity contribution in [2.24, 2.45) is 0 Å². The summed E-state index contributed by atoms with van der Waals surface area (Å²) >= 11 is 5.62. The van der Waals surface area contributed by atoms with E-state index >= 15 is 0 Å². The van der Waals surface area contributed by atoms with Gasteiger partial charge in [0, 0.05) is 11.8 Å². The Morgan fingerprint density at radius 1 is 1.35 bits per heavy atom. The maximum Gasteiger partial charge on any atom is 0.319 e. The fraction of sp³-hybridized carbons (Fsp3) is 0.188. The molecule has 0 aliphatic carbocycles. The zero-order valence-electron chi connectivity index (χ0n) is 12.3. The number of halogens is 2. The molecule has 2 aromatic carbocycles. The van der Waals surface area contributed by atoms with Crippen molar-refractivity contribution in [3.05, 3.63) is 58.9 Å². The quantitative estimate of drug-likeness (QED) is 0.783. The number of aliphatic hydroxyl groups is 1. The van der Waals surface area contributed by atoms with Gasteiger partial charge in [-0.25, -0.2) is 9.18 Å². The molecule has 0 spiro atoms. The monoisotopic (exact) mass is 338 g/mol. The molecule has 122 valence electrons. The van der Waals surface area contributed by atoms with Gasteiger partial charge in [0.15, 0.2) is 0 Å². The van der Waals surface area contributed by atoms with E-state index in [4.69, 9.17) is 16.3 Å². The molecule has 0 bridgehead atoms. The molecule has 3 N–H and O–H groups in total. The second-order valence-electron chi connectivity index (χ2n) is 4.74. The standard InChI is InChI=1S/C16H16ClFN2O3/c1-23-12-4-2-3-11(8-12)19-16(22)20-15(9-21)10-5-6-13(17)14(18)7-10/h2-8,15,21H,9H2,1H3,(H2,19,20,22). The first kappa shape index (κ1) is 17.1. The SMILES string of the molecule is COc1cccc(NC(=O)NC(CO)c2ccc(Cl)c(F)c2)c1. The summed E-state index contributed by atoms with van der Waals surface area (Å²) in [6, 6.07) is 9.61. The Bertz CT molecular complexity index is 697. The number of hydrogen-bond donors (Lipinski definition) is 3. The summed E-state index contributed by atoms with van der Waals surface area (Å²) in [5, 5.41) is 14.6. The minimum atomic E-state index is -0.757. The van der Waals surface area contributed by atoms with E-state index in [1.165, 1.54) is 25.3 Å². The molecule has 5 nitrogen and oxygen atoms in total. The highest BCUT2D eigenvalue weighted by Crippen LogP contribution is 2.21. The summed E-state index contributed by atoms with van der Waals surface area (Å²) in [6.45, 7) is -0.382. The number of urea groups is 1. The number of carbonyl (C=O) groups excluding carboxylic acids is 1. The topological polar surface area (TPSA) is 70.6 Å². The molecule has 0 aliphatic heterocycles. The largest absolute Gasteiger partial charge is 0.497 e. The van der Waals surface area contributed by atoms with Crippen LogP contribution in [0.2, 0.25) is 5.02 Å². The normalized spacial score (nSPS) is 11.7. The number of aliphatic hydroxyl groups excluding tert-OH is 1. The average molecular weight is 339 g/mol. The lowest BCUT2D eigenvalue weighted by atomic mass is 10.1. The number of rotatable bonds is 5. The van der Waals surface area contributed by atoms with Gasteiger partial charge in [0.05, 0.1) is 24.8 Å². The molecule has 0 saturated heterocycles. The number of benzene rings is 2. The number of hydrogen-bond acceptors (Lipinski definition) is 3. The van der Waals surface area contributed by atoms with Gasteiger partial charge >= 0.3 is 6.03 Å². The Morgan fingerprint density at radius 2 is 2.13 bits per heavy atom. The van der Waals surface area contributed by atoms with Gasteiger partial charge in [-0.15, -0.1) is 0 Å². The van der Waals surface area contributed by atoms with Gasteiger partial charge in [-0.1, -0.05) is 23.7 Å². The summed E-state index contributed by atoms with van der Waals surface area (Å²) in [5.41, 5.74) is 0.941. The smallest absolute Gasteiger partial charge is 0.319 e. The van der Waals surface area contributed by atoms with Crippen LogP contribution in [0.4, 0.5) is 14.9 Å². The van der Waals surface area contributed by atoms with Gasteiger partial charge in [-0.3, -0.25) is 0 Å². The minimum absolute atomic E-state index is 0.0220. The molecule has 2 rings (SSSR count). The number of amides is 2. The molecule has 0 aromatic heterocycles. The molecule has 1 unspecified atom stereocenters. The van der Waals surface area contributed by atoms with E-state index in [1.54, 1.807) is 24.3 Å². The lowest BCUT2D eigenvalue weighted by Gasteiger charge is -2.17. The molecule has 1 atom stereocenters. The Labute approximate surface area is 138 Å². The Hall–Kier alpha value is -2.31. The average Bonchev–Trinajstić information content (AvgIpc) is 2.55. The van der Waals surface area contributed by atoms with E-state index in [1.807, 2.05) is 0 Å². The van der Waals surface area contributed by atoms with Crippen LogP contribution < -0.4 is 15.4 Å². The van der Waals surface area contributed by atoms with Crippen LogP contribution in [0.1, 0.15) is 11.6 Å². The Kier molecular flexibility index (Phi) is 5.78. The van der Waals surface area contributed by atoms with E-state index in [2.05, 4.69) is 10.6 Å². The molecule has 7 heteroatoms. The van der Waals surface area contributed by atoms with Crippen molar-refractivity contribution in [1.29, 1.82) is 0 Å². The zero-order chi connectivity index (χ0) is 16.8. The van der Waals surface area contributed by atoms with E-state index < -0.39 is 17.9 Å². The van der Waals surface area contributed by atoms with Crippen LogP contribution in [-0.4, -0.2) is 24.9 Å². The molecule has 23 heavy (non-hydrogen) atoms. The van der Waals surface area contributed by atoms with Gasteiger partial charge in [-0.2, -0.15) is 0 Å². The third-order valence-electron chi connectivity index (χ3n) is 3.16. The van der Waals surface area contributed by atoms with Crippen molar-refractivity contribution in [3.63, 3.8) is 0 Å². The third kappa shape index (κ3) is 4.58. The number of ether oxygens (including phenoxy) is 1. The van der Waals surface area contributed by atoms with Crippen molar-refractivity contribution >= 4 is 23.3 Å². The van der Waals surface area contributed by atoms with Crippen LogP contribution in [0.3, 0.4) is 0 Å². The third-order valence-corrected chi connectivity index (χ3v) is 3.47. The molecular weight excluding hydrogens is 323 g/mol.